The summed E-state index contributed by atoms with van der Waals surface area (Å²) >= 11 is 5.78. The van der Waals surface area contributed by atoms with E-state index in [0.29, 0.717) is 11.1 Å². The van der Waals surface area contributed by atoms with Gasteiger partial charge < -0.3 is 5.32 Å². The Labute approximate surface area is 116 Å². The number of benzene rings is 2. The second-order valence-corrected chi connectivity index (χ2v) is 4.80. The summed E-state index contributed by atoms with van der Waals surface area (Å²) in [5, 5.41) is 2.97. The van der Waals surface area contributed by atoms with Crippen molar-refractivity contribution in [1.29, 1.82) is 0 Å². The molecule has 2 aromatic rings. The Bertz CT molecular complexity index is 597. The Morgan fingerprint density at radius 1 is 1.11 bits per heavy atom. The van der Waals surface area contributed by atoms with Crippen molar-refractivity contribution in [2.24, 2.45) is 0 Å². The predicted molar refractivity (Wildman–Crippen MR) is 73.4 cm³/mol. The van der Waals surface area contributed by atoms with Crippen molar-refractivity contribution in [1.82, 2.24) is 5.32 Å². The summed E-state index contributed by atoms with van der Waals surface area (Å²) in [7, 11) is 1.66. The average Bonchev–Trinajstić information content (AvgIpc) is 2.39. The standard InChI is InChI=1S/C15H14ClF2N/c1-9-6-7-13(17)11(8-9)15(19-2)10-4-3-5-12(16)14(10)18/h3-8,15,19H,1-2H3. The molecule has 0 heterocycles. The van der Waals surface area contributed by atoms with Crippen LogP contribution in [0.4, 0.5) is 8.78 Å². The number of hydrogen-bond donors (Lipinski definition) is 1. The summed E-state index contributed by atoms with van der Waals surface area (Å²) in [5.41, 5.74) is 1.65. The minimum atomic E-state index is -0.571. The molecule has 2 aromatic carbocycles. The summed E-state index contributed by atoms with van der Waals surface area (Å²) in [6, 6.07) is 8.93. The van der Waals surface area contributed by atoms with Crippen molar-refractivity contribution in [3.63, 3.8) is 0 Å². The normalized spacial score (nSPS) is 12.5. The summed E-state index contributed by atoms with van der Waals surface area (Å²) in [5.74, 6) is -0.895. The van der Waals surface area contributed by atoms with Crippen LogP contribution in [0.25, 0.3) is 0 Å². The second kappa shape index (κ2) is 5.68. The van der Waals surface area contributed by atoms with E-state index in [0.717, 1.165) is 5.56 Å². The minimum Gasteiger partial charge on any atom is -0.309 e. The maximum Gasteiger partial charge on any atom is 0.146 e. The first-order chi connectivity index (χ1) is 9.04. The lowest BCUT2D eigenvalue weighted by Crippen LogP contribution is -2.20. The molecule has 0 aromatic heterocycles. The van der Waals surface area contributed by atoms with Crippen LogP contribution in [0.3, 0.4) is 0 Å². The van der Waals surface area contributed by atoms with Crippen LogP contribution in [-0.4, -0.2) is 7.05 Å². The Kier molecular flexibility index (Phi) is 4.17. The van der Waals surface area contributed by atoms with Gasteiger partial charge in [-0.2, -0.15) is 0 Å². The molecule has 0 saturated heterocycles. The lowest BCUT2D eigenvalue weighted by molar-refractivity contribution is 0.546. The molecule has 0 aliphatic heterocycles. The SMILES string of the molecule is CNC(c1cc(C)ccc1F)c1cccc(Cl)c1F. The largest absolute Gasteiger partial charge is 0.309 e. The molecule has 0 aliphatic carbocycles. The van der Waals surface area contributed by atoms with Crippen molar-refractivity contribution in [3.05, 3.63) is 69.7 Å². The van der Waals surface area contributed by atoms with Crippen LogP contribution in [-0.2, 0) is 0 Å². The molecule has 2 rings (SSSR count). The zero-order valence-electron chi connectivity index (χ0n) is 10.7. The molecule has 1 N–H and O–H groups in total. The first-order valence-corrected chi connectivity index (χ1v) is 6.29. The van der Waals surface area contributed by atoms with Crippen LogP contribution in [0.1, 0.15) is 22.7 Å². The third-order valence-corrected chi connectivity index (χ3v) is 3.34. The Hall–Kier alpha value is -1.45. The highest BCUT2D eigenvalue weighted by molar-refractivity contribution is 6.30. The van der Waals surface area contributed by atoms with E-state index >= 15 is 0 Å². The summed E-state index contributed by atoms with van der Waals surface area (Å²) in [4.78, 5) is 0. The van der Waals surface area contributed by atoms with Gasteiger partial charge in [0.1, 0.15) is 11.6 Å². The van der Waals surface area contributed by atoms with Gasteiger partial charge in [-0.25, -0.2) is 8.78 Å². The molecule has 100 valence electrons. The van der Waals surface area contributed by atoms with Crippen LogP contribution in [0.2, 0.25) is 5.02 Å². The van der Waals surface area contributed by atoms with Gasteiger partial charge in [0.25, 0.3) is 0 Å². The van der Waals surface area contributed by atoms with E-state index < -0.39 is 11.9 Å². The fourth-order valence-electron chi connectivity index (χ4n) is 2.11. The van der Waals surface area contributed by atoms with Gasteiger partial charge >= 0.3 is 0 Å². The van der Waals surface area contributed by atoms with Gasteiger partial charge in [0.05, 0.1) is 11.1 Å². The zero-order chi connectivity index (χ0) is 14.0. The fraction of sp³-hybridized carbons (Fsp3) is 0.200. The molecule has 0 saturated carbocycles. The number of rotatable bonds is 3. The maximum absolute atomic E-state index is 14.1. The van der Waals surface area contributed by atoms with Gasteiger partial charge in [-0.15, -0.1) is 0 Å². The average molecular weight is 282 g/mol. The first kappa shape index (κ1) is 14.0. The summed E-state index contributed by atoms with van der Waals surface area (Å²) < 4.78 is 28.0. The molecule has 1 unspecified atom stereocenters. The van der Waals surface area contributed by atoms with E-state index in [-0.39, 0.29) is 10.8 Å². The van der Waals surface area contributed by atoms with Crippen molar-refractivity contribution in [2.45, 2.75) is 13.0 Å². The topological polar surface area (TPSA) is 12.0 Å². The zero-order valence-corrected chi connectivity index (χ0v) is 11.4. The van der Waals surface area contributed by atoms with Gasteiger partial charge in [-0.3, -0.25) is 0 Å². The van der Waals surface area contributed by atoms with Crippen molar-refractivity contribution in [2.75, 3.05) is 7.05 Å². The van der Waals surface area contributed by atoms with Crippen molar-refractivity contribution < 1.29 is 8.78 Å². The van der Waals surface area contributed by atoms with E-state index in [9.17, 15) is 8.78 Å². The molecule has 4 heteroatoms. The van der Waals surface area contributed by atoms with Crippen LogP contribution in [0, 0.1) is 18.6 Å². The first-order valence-electron chi connectivity index (χ1n) is 5.92. The molecular weight excluding hydrogens is 268 g/mol. The fourth-order valence-corrected chi connectivity index (χ4v) is 2.29. The quantitative estimate of drug-likeness (QED) is 0.887. The van der Waals surface area contributed by atoms with Crippen molar-refractivity contribution >= 4 is 11.6 Å². The number of nitrogens with one attached hydrogen (secondary N) is 1. The Balaban J connectivity index is 2.56. The highest BCUT2D eigenvalue weighted by Crippen LogP contribution is 2.29. The van der Waals surface area contributed by atoms with Gasteiger partial charge in [-0.1, -0.05) is 41.4 Å². The van der Waals surface area contributed by atoms with E-state index in [1.54, 1.807) is 31.3 Å². The van der Waals surface area contributed by atoms with E-state index in [1.165, 1.54) is 12.1 Å². The highest BCUT2D eigenvalue weighted by Gasteiger charge is 2.20. The van der Waals surface area contributed by atoms with Gasteiger partial charge in [0, 0.05) is 11.1 Å². The number of aryl methyl sites for hydroxylation is 1. The highest BCUT2D eigenvalue weighted by atomic mass is 35.5. The molecular formula is C15H14ClF2N. The smallest absolute Gasteiger partial charge is 0.146 e. The molecule has 0 aliphatic rings. The predicted octanol–water partition coefficient (Wildman–Crippen LogP) is 4.24. The molecule has 0 fully saturated rings. The maximum atomic E-state index is 14.1. The summed E-state index contributed by atoms with van der Waals surface area (Å²) in [6.07, 6.45) is 0. The lowest BCUT2D eigenvalue weighted by atomic mass is 9.96. The second-order valence-electron chi connectivity index (χ2n) is 4.39. The summed E-state index contributed by atoms with van der Waals surface area (Å²) in [6.45, 7) is 1.87. The van der Waals surface area contributed by atoms with Gasteiger partial charge in [0.2, 0.25) is 0 Å². The molecule has 0 bridgehead atoms. The lowest BCUT2D eigenvalue weighted by Gasteiger charge is -2.19. The van der Waals surface area contributed by atoms with Crippen LogP contribution < -0.4 is 5.32 Å². The molecule has 0 amide bonds. The van der Waals surface area contributed by atoms with Gasteiger partial charge in [0.15, 0.2) is 0 Å². The Morgan fingerprint density at radius 2 is 1.84 bits per heavy atom. The molecule has 1 atom stereocenters. The minimum absolute atomic E-state index is 0.0332. The third-order valence-electron chi connectivity index (χ3n) is 3.04. The Morgan fingerprint density at radius 3 is 2.53 bits per heavy atom. The molecule has 19 heavy (non-hydrogen) atoms. The number of hydrogen-bond acceptors (Lipinski definition) is 1. The van der Waals surface area contributed by atoms with Crippen LogP contribution in [0.15, 0.2) is 36.4 Å². The monoisotopic (exact) mass is 281 g/mol. The molecule has 1 nitrogen and oxygen atoms in total. The van der Waals surface area contributed by atoms with Crippen LogP contribution >= 0.6 is 11.6 Å². The molecule has 0 radical (unpaired) electrons. The van der Waals surface area contributed by atoms with Crippen molar-refractivity contribution in [3.8, 4) is 0 Å². The van der Waals surface area contributed by atoms with E-state index in [2.05, 4.69) is 5.32 Å². The number of halogens is 3. The van der Waals surface area contributed by atoms with E-state index in [4.69, 9.17) is 11.6 Å². The van der Waals surface area contributed by atoms with Gasteiger partial charge in [-0.05, 0) is 26.1 Å². The van der Waals surface area contributed by atoms with E-state index in [1.807, 2.05) is 6.92 Å². The molecule has 0 spiro atoms. The third kappa shape index (κ3) is 2.77. The van der Waals surface area contributed by atoms with Crippen LogP contribution in [0.5, 0.6) is 0 Å².